The van der Waals surface area contributed by atoms with Crippen LogP contribution in [-0.2, 0) is 0 Å². The third-order valence-electron chi connectivity index (χ3n) is 2.83. The second-order valence-corrected chi connectivity index (χ2v) is 3.71. The van der Waals surface area contributed by atoms with Gasteiger partial charge in [-0.2, -0.15) is 0 Å². The fourth-order valence-corrected chi connectivity index (χ4v) is 2.03. The van der Waals surface area contributed by atoms with Crippen molar-refractivity contribution in [2.75, 3.05) is 14.2 Å². The van der Waals surface area contributed by atoms with Gasteiger partial charge < -0.3 is 9.47 Å². The Bertz CT molecular complexity index is 561. The van der Waals surface area contributed by atoms with E-state index < -0.39 is 0 Å². The van der Waals surface area contributed by atoms with E-state index in [0.717, 1.165) is 23.3 Å². The highest BCUT2D eigenvalue weighted by molar-refractivity contribution is 6.02. The summed E-state index contributed by atoms with van der Waals surface area (Å²) in [4.78, 5) is 21.9. The molecule has 0 fully saturated rings. The molecular formula is C14H12O4. The Morgan fingerprint density at radius 3 is 1.44 bits per heavy atom. The lowest BCUT2D eigenvalue weighted by Crippen LogP contribution is -1.96. The maximum atomic E-state index is 10.9. The number of benzene rings is 2. The average Bonchev–Trinajstić information content (AvgIpc) is 2.44. The second kappa shape index (κ2) is 4.87. The first-order valence-corrected chi connectivity index (χ1v) is 5.34. The van der Waals surface area contributed by atoms with Gasteiger partial charge in [0.25, 0.3) is 0 Å². The standard InChI is InChI=1S/C14H12O4/c1-17-13-9(7-15)3-6-12-11(13)5-4-10(8-16)14(12)18-2/h3-8H,1-2H3. The van der Waals surface area contributed by atoms with Crippen LogP contribution in [0, 0.1) is 0 Å². The Balaban J connectivity index is 2.88. The number of ether oxygens (including phenoxy) is 2. The summed E-state index contributed by atoms with van der Waals surface area (Å²) in [5.41, 5.74) is 0.928. The minimum atomic E-state index is 0.464. The maximum Gasteiger partial charge on any atom is 0.153 e. The topological polar surface area (TPSA) is 52.6 Å². The highest BCUT2D eigenvalue weighted by Gasteiger charge is 2.13. The Morgan fingerprint density at radius 1 is 0.778 bits per heavy atom. The third-order valence-corrected chi connectivity index (χ3v) is 2.83. The summed E-state index contributed by atoms with van der Waals surface area (Å²) < 4.78 is 10.5. The Morgan fingerprint density at radius 2 is 1.17 bits per heavy atom. The van der Waals surface area contributed by atoms with Crippen molar-refractivity contribution >= 4 is 23.3 Å². The largest absolute Gasteiger partial charge is 0.495 e. The van der Waals surface area contributed by atoms with Gasteiger partial charge in [-0.25, -0.2) is 0 Å². The first-order valence-electron chi connectivity index (χ1n) is 5.34. The first kappa shape index (κ1) is 12.1. The van der Waals surface area contributed by atoms with Gasteiger partial charge in [0.15, 0.2) is 12.6 Å². The second-order valence-electron chi connectivity index (χ2n) is 3.71. The number of hydrogen-bond donors (Lipinski definition) is 0. The summed E-state index contributed by atoms with van der Waals surface area (Å²) in [7, 11) is 3.00. The van der Waals surface area contributed by atoms with Crippen LogP contribution in [0.2, 0.25) is 0 Å². The maximum absolute atomic E-state index is 10.9. The molecule has 0 aliphatic carbocycles. The molecule has 92 valence electrons. The van der Waals surface area contributed by atoms with Crippen molar-refractivity contribution < 1.29 is 19.1 Å². The summed E-state index contributed by atoms with van der Waals surface area (Å²) in [5.74, 6) is 0.969. The van der Waals surface area contributed by atoms with Crippen LogP contribution in [-0.4, -0.2) is 26.8 Å². The van der Waals surface area contributed by atoms with Gasteiger partial charge in [0, 0.05) is 10.8 Å². The minimum absolute atomic E-state index is 0.464. The van der Waals surface area contributed by atoms with Crippen LogP contribution in [0.15, 0.2) is 24.3 Å². The van der Waals surface area contributed by atoms with E-state index >= 15 is 0 Å². The minimum Gasteiger partial charge on any atom is -0.495 e. The quantitative estimate of drug-likeness (QED) is 0.775. The van der Waals surface area contributed by atoms with E-state index in [4.69, 9.17) is 9.47 Å². The first-order chi connectivity index (χ1) is 8.76. The molecule has 0 aromatic heterocycles. The number of carbonyl (C=O) groups is 2. The van der Waals surface area contributed by atoms with Crippen molar-refractivity contribution in [1.82, 2.24) is 0 Å². The Kier molecular flexibility index (Phi) is 3.28. The number of fused-ring (bicyclic) bond motifs is 1. The molecule has 0 saturated heterocycles. The van der Waals surface area contributed by atoms with Crippen molar-refractivity contribution in [3.05, 3.63) is 35.4 Å². The summed E-state index contributed by atoms with van der Waals surface area (Å²) >= 11 is 0. The molecule has 2 aromatic carbocycles. The van der Waals surface area contributed by atoms with Crippen molar-refractivity contribution in [2.45, 2.75) is 0 Å². The monoisotopic (exact) mass is 244 g/mol. The summed E-state index contributed by atoms with van der Waals surface area (Å²) in [6.45, 7) is 0. The van der Waals surface area contributed by atoms with Gasteiger partial charge in [-0.05, 0) is 24.3 Å². The van der Waals surface area contributed by atoms with Gasteiger partial charge in [0.1, 0.15) is 11.5 Å². The molecule has 18 heavy (non-hydrogen) atoms. The molecule has 0 aliphatic rings. The van der Waals surface area contributed by atoms with Crippen molar-refractivity contribution in [2.24, 2.45) is 0 Å². The highest BCUT2D eigenvalue weighted by atomic mass is 16.5. The molecule has 0 amide bonds. The van der Waals surface area contributed by atoms with Crippen LogP contribution >= 0.6 is 0 Å². The molecule has 0 saturated carbocycles. The molecule has 0 radical (unpaired) electrons. The normalized spacial score (nSPS) is 10.1. The van der Waals surface area contributed by atoms with Gasteiger partial charge >= 0.3 is 0 Å². The fraction of sp³-hybridized carbons (Fsp3) is 0.143. The molecule has 0 spiro atoms. The van der Waals surface area contributed by atoms with Crippen LogP contribution in [0.25, 0.3) is 10.8 Å². The fourth-order valence-electron chi connectivity index (χ4n) is 2.03. The van der Waals surface area contributed by atoms with Gasteiger partial charge in [-0.15, -0.1) is 0 Å². The predicted molar refractivity (Wildman–Crippen MR) is 67.8 cm³/mol. The SMILES string of the molecule is COc1c(C=O)ccc2c(OC)c(C=O)ccc12. The van der Waals surface area contributed by atoms with Crippen molar-refractivity contribution in [3.63, 3.8) is 0 Å². The van der Waals surface area contributed by atoms with Crippen LogP contribution in [0.1, 0.15) is 20.7 Å². The lowest BCUT2D eigenvalue weighted by Gasteiger charge is -2.12. The molecule has 0 N–H and O–H groups in total. The van der Waals surface area contributed by atoms with Crippen LogP contribution in [0.5, 0.6) is 11.5 Å². The molecule has 4 heteroatoms. The summed E-state index contributed by atoms with van der Waals surface area (Å²) in [6, 6.07) is 6.78. The Hall–Kier alpha value is -2.36. The van der Waals surface area contributed by atoms with Gasteiger partial charge in [-0.1, -0.05) is 0 Å². The number of aldehydes is 2. The number of hydrogen-bond acceptors (Lipinski definition) is 4. The van der Waals surface area contributed by atoms with E-state index in [0.29, 0.717) is 22.6 Å². The van der Waals surface area contributed by atoms with Crippen LogP contribution < -0.4 is 9.47 Å². The zero-order valence-electron chi connectivity index (χ0n) is 10.1. The Labute approximate surface area is 104 Å². The lowest BCUT2D eigenvalue weighted by molar-refractivity contribution is 0.111. The average molecular weight is 244 g/mol. The summed E-state index contributed by atoms with van der Waals surface area (Å²) in [6.07, 6.45) is 1.47. The lowest BCUT2D eigenvalue weighted by atomic mass is 10.0. The highest BCUT2D eigenvalue weighted by Crippen LogP contribution is 2.36. The predicted octanol–water partition coefficient (Wildman–Crippen LogP) is 2.48. The molecule has 0 heterocycles. The van der Waals surface area contributed by atoms with Crippen LogP contribution in [0.4, 0.5) is 0 Å². The molecule has 0 aliphatic heterocycles. The third kappa shape index (κ3) is 1.72. The molecule has 0 bridgehead atoms. The molecule has 2 rings (SSSR count). The summed E-state index contributed by atoms with van der Waals surface area (Å²) in [5, 5.41) is 1.48. The van der Waals surface area contributed by atoms with E-state index in [1.165, 1.54) is 14.2 Å². The molecule has 4 nitrogen and oxygen atoms in total. The molecular weight excluding hydrogens is 232 g/mol. The molecule has 2 aromatic rings. The number of rotatable bonds is 4. The number of methoxy groups -OCH3 is 2. The van der Waals surface area contributed by atoms with E-state index in [2.05, 4.69) is 0 Å². The molecule has 0 unspecified atom stereocenters. The zero-order chi connectivity index (χ0) is 13.1. The van der Waals surface area contributed by atoms with E-state index in [9.17, 15) is 9.59 Å². The van der Waals surface area contributed by atoms with E-state index in [1.54, 1.807) is 24.3 Å². The van der Waals surface area contributed by atoms with Gasteiger partial charge in [-0.3, -0.25) is 9.59 Å². The zero-order valence-corrected chi connectivity index (χ0v) is 10.1. The van der Waals surface area contributed by atoms with Crippen molar-refractivity contribution in [3.8, 4) is 11.5 Å². The van der Waals surface area contributed by atoms with E-state index in [1.807, 2.05) is 0 Å². The smallest absolute Gasteiger partial charge is 0.153 e. The van der Waals surface area contributed by atoms with E-state index in [-0.39, 0.29) is 0 Å². The van der Waals surface area contributed by atoms with Gasteiger partial charge in [0.2, 0.25) is 0 Å². The van der Waals surface area contributed by atoms with Gasteiger partial charge in [0.05, 0.1) is 25.3 Å². The number of carbonyl (C=O) groups excluding carboxylic acids is 2. The van der Waals surface area contributed by atoms with Crippen LogP contribution in [0.3, 0.4) is 0 Å². The van der Waals surface area contributed by atoms with Crippen molar-refractivity contribution in [1.29, 1.82) is 0 Å². The molecule has 0 atom stereocenters.